The maximum absolute atomic E-state index is 9.08. The van der Waals surface area contributed by atoms with E-state index < -0.39 is 0 Å². The molecular weight excluding hydrogens is 286 g/mol. The summed E-state index contributed by atoms with van der Waals surface area (Å²) >= 11 is 0. The first kappa shape index (κ1) is 14.0. The SMILES string of the molecule is C[n+]1c2ccccc2c(NCCCO)c2[nH]c3ccccc3c21. The number of H-pyrrole nitrogens is 1. The summed E-state index contributed by atoms with van der Waals surface area (Å²) in [7, 11) is 2.11. The predicted molar refractivity (Wildman–Crippen MR) is 94.7 cm³/mol. The highest BCUT2D eigenvalue weighted by molar-refractivity contribution is 6.13. The van der Waals surface area contributed by atoms with E-state index in [1.165, 1.54) is 21.8 Å². The number of anilines is 1. The van der Waals surface area contributed by atoms with Crippen LogP contribution in [-0.2, 0) is 7.05 Å². The zero-order valence-electron chi connectivity index (χ0n) is 13.1. The van der Waals surface area contributed by atoms with E-state index in [9.17, 15) is 0 Å². The fourth-order valence-electron chi connectivity index (χ4n) is 3.37. The highest BCUT2D eigenvalue weighted by atomic mass is 16.3. The molecule has 0 saturated carbocycles. The van der Waals surface area contributed by atoms with E-state index in [4.69, 9.17) is 5.11 Å². The number of aromatic amines is 1. The molecule has 0 amide bonds. The number of nitrogens with one attached hydrogen (secondary N) is 2. The number of hydrogen-bond acceptors (Lipinski definition) is 2. The summed E-state index contributed by atoms with van der Waals surface area (Å²) in [5.74, 6) is 0. The average molecular weight is 306 g/mol. The van der Waals surface area contributed by atoms with Gasteiger partial charge in [-0.15, -0.1) is 0 Å². The lowest BCUT2D eigenvalue weighted by Crippen LogP contribution is -2.30. The number of aromatic nitrogens is 2. The molecule has 2 aromatic heterocycles. The minimum Gasteiger partial charge on any atom is -0.396 e. The number of aliphatic hydroxyl groups excluding tert-OH is 1. The number of pyridine rings is 1. The lowest BCUT2D eigenvalue weighted by molar-refractivity contribution is -0.616. The van der Waals surface area contributed by atoms with Gasteiger partial charge in [-0.2, -0.15) is 4.57 Å². The zero-order valence-corrected chi connectivity index (χ0v) is 13.1. The Morgan fingerprint density at radius 2 is 1.78 bits per heavy atom. The molecule has 4 rings (SSSR count). The maximum atomic E-state index is 9.08. The van der Waals surface area contributed by atoms with Crippen LogP contribution in [0.25, 0.3) is 32.8 Å². The molecule has 2 aromatic carbocycles. The van der Waals surface area contributed by atoms with Crippen molar-refractivity contribution in [1.29, 1.82) is 0 Å². The number of hydrogen-bond donors (Lipinski definition) is 3. The van der Waals surface area contributed by atoms with E-state index in [2.05, 4.69) is 70.4 Å². The van der Waals surface area contributed by atoms with E-state index in [0.717, 1.165) is 29.7 Å². The number of aliphatic hydroxyl groups is 1. The van der Waals surface area contributed by atoms with Gasteiger partial charge in [0.05, 0.1) is 22.0 Å². The lowest BCUT2D eigenvalue weighted by Gasteiger charge is -2.10. The van der Waals surface area contributed by atoms with E-state index in [1.54, 1.807) is 0 Å². The zero-order chi connectivity index (χ0) is 15.8. The minimum absolute atomic E-state index is 0.196. The van der Waals surface area contributed by atoms with Crippen LogP contribution in [0.1, 0.15) is 6.42 Å². The van der Waals surface area contributed by atoms with Gasteiger partial charge in [-0.1, -0.05) is 24.3 Å². The van der Waals surface area contributed by atoms with Gasteiger partial charge in [0.2, 0.25) is 11.0 Å². The van der Waals surface area contributed by atoms with E-state index >= 15 is 0 Å². The molecule has 4 aromatic rings. The lowest BCUT2D eigenvalue weighted by atomic mass is 10.1. The van der Waals surface area contributed by atoms with Crippen molar-refractivity contribution >= 4 is 38.5 Å². The van der Waals surface area contributed by atoms with Gasteiger partial charge in [-0.05, 0) is 24.6 Å². The van der Waals surface area contributed by atoms with Crippen molar-refractivity contribution in [3.05, 3.63) is 48.5 Å². The summed E-state index contributed by atoms with van der Waals surface area (Å²) in [4.78, 5) is 3.56. The number of fused-ring (bicyclic) bond motifs is 4. The third-order valence-corrected chi connectivity index (χ3v) is 4.44. The first-order chi connectivity index (χ1) is 11.3. The van der Waals surface area contributed by atoms with Crippen LogP contribution < -0.4 is 9.88 Å². The molecule has 0 aliphatic carbocycles. The second-order valence-electron chi connectivity index (χ2n) is 5.85. The van der Waals surface area contributed by atoms with Gasteiger partial charge < -0.3 is 15.4 Å². The van der Waals surface area contributed by atoms with Gasteiger partial charge in [0, 0.05) is 19.2 Å². The summed E-state index contributed by atoms with van der Waals surface area (Å²) in [5, 5.41) is 15.0. The molecule has 4 nitrogen and oxygen atoms in total. The molecule has 0 atom stereocenters. The summed E-state index contributed by atoms with van der Waals surface area (Å²) < 4.78 is 2.25. The Morgan fingerprint density at radius 1 is 1.04 bits per heavy atom. The number of rotatable bonds is 4. The second-order valence-corrected chi connectivity index (χ2v) is 5.85. The summed E-state index contributed by atoms with van der Waals surface area (Å²) in [6.07, 6.45) is 0.733. The first-order valence-corrected chi connectivity index (χ1v) is 7.97. The third kappa shape index (κ3) is 2.14. The van der Waals surface area contributed by atoms with Gasteiger partial charge in [-0.3, -0.25) is 0 Å². The first-order valence-electron chi connectivity index (χ1n) is 7.97. The highest BCUT2D eigenvalue weighted by Gasteiger charge is 2.21. The van der Waals surface area contributed by atoms with Crippen LogP contribution in [0.2, 0.25) is 0 Å². The standard InChI is InChI=1S/C19H19N3O/c1-22-16-10-5-3-8-14(16)17(20-11-6-12-23)18-19(22)13-7-2-4-9-15(13)21-18/h2-5,7-10,23H,6,11-12H2,1H3,(H,20,21)/p+1. The van der Waals surface area contributed by atoms with Gasteiger partial charge in [-0.25, -0.2) is 0 Å². The second kappa shape index (κ2) is 5.56. The van der Waals surface area contributed by atoms with Crippen LogP contribution in [-0.4, -0.2) is 23.2 Å². The van der Waals surface area contributed by atoms with Crippen LogP contribution in [0, 0.1) is 0 Å². The Hall–Kier alpha value is -2.59. The number of nitrogens with zero attached hydrogens (tertiary/aromatic N) is 1. The van der Waals surface area contributed by atoms with Crippen LogP contribution in [0.5, 0.6) is 0 Å². The van der Waals surface area contributed by atoms with E-state index in [-0.39, 0.29) is 6.61 Å². The van der Waals surface area contributed by atoms with Crippen molar-refractivity contribution in [2.45, 2.75) is 6.42 Å². The average Bonchev–Trinajstić information content (AvgIpc) is 2.97. The Labute approximate surface area is 134 Å². The van der Waals surface area contributed by atoms with E-state index in [1.807, 2.05) is 0 Å². The number of benzene rings is 2. The molecule has 0 saturated heterocycles. The molecule has 2 heterocycles. The summed E-state index contributed by atoms with van der Waals surface area (Å²) in [6.45, 7) is 0.945. The number of para-hydroxylation sites is 2. The van der Waals surface area contributed by atoms with Gasteiger partial charge >= 0.3 is 0 Å². The third-order valence-electron chi connectivity index (χ3n) is 4.44. The Morgan fingerprint density at radius 3 is 2.61 bits per heavy atom. The van der Waals surface area contributed by atoms with Crippen LogP contribution >= 0.6 is 0 Å². The van der Waals surface area contributed by atoms with Crippen LogP contribution in [0.15, 0.2) is 48.5 Å². The topological polar surface area (TPSA) is 51.9 Å². The quantitative estimate of drug-likeness (QED) is 0.401. The Balaban J connectivity index is 2.11. The molecule has 4 heteroatoms. The minimum atomic E-state index is 0.196. The Kier molecular flexibility index (Phi) is 3.39. The molecule has 0 unspecified atom stereocenters. The summed E-state index contributed by atoms with van der Waals surface area (Å²) in [6, 6.07) is 16.8. The molecule has 0 radical (unpaired) electrons. The van der Waals surface area contributed by atoms with E-state index in [0.29, 0.717) is 0 Å². The van der Waals surface area contributed by atoms with Crippen LogP contribution in [0.3, 0.4) is 0 Å². The maximum Gasteiger partial charge on any atom is 0.240 e. The smallest absolute Gasteiger partial charge is 0.240 e. The van der Waals surface area contributed by atoms with Crippen molar-refractivity contribution in [3.8, 4) is 0 Å². The fraction of sp³-hybridized carbons (Fsp3) is 0.211. The van der Waals surface area contributed by atoms with Gasteiger partial charge in [0.1, 0.15) is 12.6 Å². The van der Waals surface area contributed by atoms with Crippen molar-refractivity contribution in [3.63, 3.8) is 0 Å². The highest BCUT2D eigenvalue weighted by Crippen LogP contribution is 2.33. The normalized spacial score (nSPS) is 11.6. The van der Waals surface area contributed by atoms with Gasteiger partial charge in [0.15, 0.2) is 0 Å². The van der Waals surface area contributed by atoms with Crippen LogP contribution in [0.4, 0.5) is 5.69 Å². The molecule has 0 spiro atoms. The van der Waals surface area contributed by atoms with Crippen molar-refractivity contribution in [2.24, 2.45) is 7.05 Å². The molecule has 0 aliphatic rings. The fourth-order valence-corrected chi connectivity index (χ4v) is 3.37. The molecule has 0 bridgehead atoms. The largest absolute Gasteiger partial charge is 0.396 e. The molecule has 23 heavy (non-hydrogen) atoms. The molecule has 0 aliphatic heterocycles. The van der Waals surface area contributed by atoms with Crippen molar-refractivity contribution < 1.29 is 9.67 Å². The predicted octanol–water partition coefficient (Wildman–Crippen LogP) is 3.09. The van der Waals surface area contributed by atoms with Crippen molar-refractivity contribution in [1.82, 2.24) is 4.98 Å². The molecule has 116 valence electrons. The molecule has 3 N–H and O–H groups in total. The van der Waals surface area contributed by atoms with Crippen molar-refractivity contribution in [2.75, 3.05) is 18.5 Å². The monoisotopic (exact) mass is 306 g/mol. The summed E-state index contributed by atoms with van der Waals surface area (Å²) in [5.41, 5.74) is 5.75. The molecular formula is C19H20N3O+. The number of aryl methyl sites for hydroxylation is 1. The Bertz CT molecular complexity index is 1000. The molecule has 0 fully saturated rings. The van der Waals surface area contributed by atoms with Gasteiger partial charge in [0.25, 0.3) is 0 Å².